The lowest BCUT2D eigenvalue weighted by Crippen LogP contribution is -1.81. The smallest absolute Gasteiger partial charge is 0.0682 e. The molecule has 19 heavy (non-hydrogen) atoms. The summed E-state index contributed by atoms with van der Waals surface area (Å²) in [7, 11) is 0. The van der Waals surface area contributed by atoms with Crippen molar-refractivity contribution in [3.8, 4) is 0 Å². The van der Waals surface area contributed by atoms with E-state index in [0.29, 0.717) is 0 Å². The summed E-state index contributed by atoms with van der Waals surface area (Å²) >= 11 is 0. The molecule has 0 aliphatic carbocycles. The van der Waals surface area contributed by atoms with Gasteiger partial charge in [0.25, 0.3) is 0 Å². The predicted octanol–water partition coefficient (Wildman–Crippen LogP) is 3.41. The topological polar surface area (TPSA) is 48.4 Å². The number of para-hydroxylation sites is 1. The van der Waals surface area contributed by atoms with Gasteiger partial charge in [0, 0.05) is 28.9 Å². The Kier molecular flexibility index (Phi) is 3.12. The van der Waals surface area contributed by atoms with E-state index in [2.05, 4.69) is 16.0 Å². The first-order valence-corrected chi connectivity index (χ1v) is 6.17. The van der Waals surface area contributed by atoms with Crippen LogP contribution >= 0.6 is 0 Å². The number of aromatic nitrogens is 1. The second-order valence-electron chi connectivity index (χ2n) is 4.38. The van der Waals surface area contributed by atoms with Crippen molar-refractivity contribution >= 4 is 22.8 Å². The van der Waals surface area contributed by atoms with Gasteiger partial charge in [-0.2, -0.15) is 0 Å². The number of nitrogens with zero attached hydrogens (tertiary/aromatic N) is 1. The number of fused-ring (bicyclic) bond motifs is 1. The summed E-state index contributed by atoms with van der Waals surface area (Å²) in [6.45, 7) is 0.0381. The van der Waals surface area contributed by atoms with Crippen molar-refractivity contribution in [3.05, 3.63) is 65.9 Å². The summed E-state index contributed by atoms with van der Waals surface area (Å²) in [5.74, 6) is 0. The Labute approximate surface area is 111 Å². The highest BCUT2D eigenvalue weighted by atomic mass is 16.3. The van der Waals surface area contributed by atoms with Gasteiger partial charge in [-0.05, 0) is 23.8 Å². The highest BCUT2D eigenvalue weighted by Gasteiger charge is 1.99. The van der Waals surface area contributed by atoms with E-state index in [4.69, 9.17) is 5.11 Å². The number of benzene rings is 2. The molecule has 1 aromatic heterocycles. The Morgan fingerprint density at radius 3 is 2.89 bits per heavy atom. The summed E-state index contributed by atoms with van der Waals surface area (Å²) in [4.78, 5) is 7.67. The van der Waals surface area contributed by atoms with E-state index in [0.717, 1.165) is 27.7 Å². The Bertz CT molecular complexity index is 728. The molecular formula is C16H14N2O. The average molecular weight is 250 g/mol. The molecule has 0 saturated heterocycles. The van der Waals surface area contributed by atoms with Crippen LogP contribution in [0.15, 0.2) is 59.7 Å². The fourth-order valence-electron chi connectivity index (χ4n) is 2.08. The fraction of sp³-hybridized carbons (Fsp3) is 0.0625. The summed E-state index contributed by atoms with van der Waals surface area (Å²) in [5.41, 5.74) is 3.88. The highest BCUT2D eigenvalue weighted by molar-refractivity contribution is 5.99. The van der Waals surface area contributed by atoms with Gasteiger partial charge in [0.05, 0.1) is 12.3 Å². The van der Waals surface area contributed by atoms with Crippen LogP contribution in [-0.4, -0.2) is 16.3 Å². The van der Waals surface area contributed by atoms with Gasteiger partial charge in [-0.3, -0.25) is 4.99 Å². The van der Waals surface area contributed by atoms with Crippen LogP contribution in [0.25, 0.3) is 10.9 Å². The standard InChI is InChI=1S/C16H14N2O/c19-11-12-4-3-5-14(8-12)17-9-13-10-18-16-7-2-1-6-15(13)16/h1-10,18-19H,11H2. The van der Waals surface area contributed by atoms with Gasteiger partial charge < -0.3 is 10.1 Å². The number of rotatable bonds is 3. The van der Waals surface area contributed by atoms with Gasteiger partial charge in [0.2, 0.25) is 0 Å². The van der Waals surface area contributed by atoms with Crippen molar-refractivity contribution in [2.75, 3.05) is 0 Å². The minimum absolute atomic E-state index is 0.0381. The number of aliphatic hydroxyl groups is 1. The van der Waals surface area contributed by atoms with Gasteiger partial charge in [0.15, 0.2) is 0 Å². The SMILES string of the molecule is OCc1cccc(N=Cc2c[nH]c3ccccc23)c1. The molecule has 3 rings (SSSR count). The predicted molar refractivity (Wildman–Crippen MR) is 77.9 cm³/mol. The van der Waals surface area contributed by atoms with Gasteiger partial charge in [-0.25, -0.2) is 0 Å². The number of aliphatic imine (C=N–C) groups is 1. The number of nitrogens with one attached hydrogen (secondary N) is 1. The molecule has 0 aliphatic heterocycles. The molecule has 0 saturated carbocycles. The van der Waals surface area contributed by atoms with Gasteiger partial charge in [-0.1, -0.05) is 30.3 Å². The van der Waals surface area contributed by atoms with Gasteiger partial charge in [-0.15, -0.1) is 0 Å². The molecule has 0 bridgehead atoms. The molecule has 3 heteroatoms. The van der Waals surface area contributed by atoms with Crippen LogP contribution in [0.2, 0.25) is 0 Å². The molecule has 3 nitrogen and oxygen atoms in total. The third-order valence-corrected chi connectivity index (χ3v) is 3.07. The molecule has 0 fully saturated rings. The number of aliphatic hydroxyl groups excluding tert-OH is 1. The maximum absolute atomic E-state index is 9.10. The molecule has 0 unspecified atom stereocenters. The summed E-state index contributed by atoms with van der Waals surface area (Å²) in [6, 6.07) is 15.7. The van der Waals surface area contributed by atoms with Crippen LogP contribution < -0.4 is 0 Å². The van der Waals surface area contributed by atoms with E-state index in [1.165, 1.54) is 0 Å². The molecule has 3 aromatic rings. The Hall–Kier alpha value is -2.39. The normalized spacial score (nSPS) is 11.4. The molecule has 1 heterocycles. The molecule has 0 spiro atoms. The molecule has 2 N–H and O–H groups in total. The number of H-pyrrole nitrogens is 1. The molecule has 94 valence electrons. The number of hydrogen-bond acceptors (Lipinski definition) is 2. The minimum atomic E-state index is 0.0381. The Balaban J connectivity index is 1.93. The van der Waals surface area contributed by atoms with Crippen LogP contribution in [0.1, 0.15) is 11.1 Å². The quantitative estimate of drug-likeness (QED) is 0.687. The van der Waals surface area contributed by atoms with Gasteiger partial charge >= 0.3 is 0 Å². The number of hydrogen-bond donors (Lipinski definition) is 2. The Morgan fingerprint density at radius 2 is 2.00 bits per heavy atom. The maximum Gasteiger partial charge on any atom is 0.0682 e. The van der Waals surface area contributed by atoms with Crippen molar-refractivity contribution in [2.24, 2.45) is 4.99 Å². The van der Waals surface area contributed by atoms with Crippen LogP contribution in [0, 0.1) is 0 Å². The van der Waals surface area contributed by atoms with E-state index in [9.17, 15) is 0 Å². The van der Waals surface area contributed by atoms with E-state index in [1.807, 2.05) is 54.9 Å². The van der Waals surface area contributed by atoms with E-state index in [-0.39, 0.29) is 6.61 Å². The maximum atomic E-state index is 9.10. The lowest BCUT2D eigenvalue weighted by atomic mass is 10.2. The van der Waals surface area contributed by atoms with Gasteiger partial charge in [0.1, 0.15) is 0 Å². The van der Waals surface area contributed by atoms with E-state index in [1.54, 1.807) is 0 Å². The second-order valence-corrected chi connectivity index (χ2v) is 4.38. The Morgan fingerprint density at radius 1 is 1.11 bits per heavy atom. The van der Waals surface area contributed by atoms with Crippen molar-refractivity contribution in [2.45, 2.75) is 6.61 Å². The molecule has 0 radical (unpaired) electrons. The van der Waals surface area contributed by atoms with Crippen molar-refractivity contribution in [1.29, 1.82) is 0 Å². The van der Waals surface area contributed by atoms with Crippen LogP contribution in [0.5, 0.6) is 0 Å². The van der Waals surface area contributed by atoms with E-state index < -0.39 is 0 Å². The summed E-state index contributed by atoms with van der Waals surface area (Å²) in [6.07, 6.45) is 3.79. The first-order valence-electron chi connectivity index (χ1n) is 6.17. The fourth-order valence-corrected chi connectivity index (χ4v) is 2.08. The largest absolute Gasteiger partial charge is 0.392 e. The monoisotopic (exact) mass is 250 g/mol. The van der Waals surface area contributed by atoms with Crippen LogP contribution in [0.4, 0.5) is 5.69 Å². The zero-order chi connectivity index (χ0) is 13.1. The molecule has 0 atom stereocenters. The molecule has 2 aromatic carbocycles. The lowest BCUT2D eigenvalue weighted by Gasteiger charge is -1.97. The van der Waals surface area contributed by atoms with Crippen LogP contribution in [-0.2, 0) is 6.61 Å². The second kappa shape index (κ2) is 5.08. The zero-order valence-electron chi connectivity index (χ0n) is 10.4. The minimum Gasteiger partial charge on any atom is -0.392 e. The summed E-state index contributed by atoms with van der Waals surface area (Å²) in [5, 5.41) is 10.3. The van der Waals surface area contributed by atoms with Crippen LogP contribution in [0.3, 0.4) is 0 Å². The first kappa shape index (κ1) is 11.7. The van der Waals surface area contributed by atoms with Crippen molar-refractivity contribution in [1.82, 2.24) is 4.98 Å². The molecule has 0 amide bonds. The van der Waals surface area contributed by atoms with Crippen molar-refractivity contribution in [3.63, 3.8) is 0 Å². The lowest BCUT2D eigenvalue weighted by molar-refractivity contribution is 0.282. The molecule has 0 aliphatic rings. The highest BCUT2D eigenvalue weighted by Crippen LogP contribution is 2.18. The summed E-state index contributed by atoms with van der Waals surface area (Å²) < 4.78 is 0. The third-order valence-electron chi connectivity index (χ3n) is 3.07. The van der Waals surface area contributed by atoms with Crippen molar-refractivity contribution < 1.29 is 5.11 Å². The molecular weight excluding hydrogens is 236 g/mol. The number of aromatic amines is 1. The van der Waals surface area contributed by atoms with E-state index >= 15 is 0 Å². The zero-order valence-corrected chi connectivity index (χ0v) is 10.4. The first-order chi connectivity index (χ1) is 9.36. The third kappa shape index (κ3) is 2.41. The average Bonchev–Trinajstić information content (AvgIpc) is 2.89.